The third-order valence-corrected chi connectivity index (χ3v) is 14.9. The first-order valence-electron chi connectivity index (χ1n) is 9.55. The Bertz CT molecular complexity index is 389. The Kier molecular flexibility index (Phi) is 8.69. The van der Waals surface area contributed by atoms with Crippen LogP contribution in [-0.4, -0.2) is 28.8 Å². The predicted molar refractivity (Wildman–Crippen MR) is 114 cm³/mol. The fourth-order valence-electron chi connectivity index (χ4n) is 2.15. The van der Waals surface area contributed by atoms with Gasteiger partial charge in [0.1, 0.15) is 0 Å². The molecule has 144 valence electrons. The van der Waals surface area contributed by atoms with Crippen molar-refractivity contribution in [2.45, 2.75) is 116 Å². The normalized spacial score (nSPS) is 16.8. The first-order valence-corrected chi connectivity index (χ1v) is 15.4. The fraction of sp³-hybridized carbons (Fsp3) is 0.900. The second-order valence-electron chi connectivity index (χ2n) is 10.2. The highest BCUT2D eigenvalue weighted by Gasteiger charge is 2.41. The third-order valence-electron chi connectivity index (χ3n) is 5.89. The molecule has 2 atom stereocenters. The first-order chi connectivity index (χ1) is 10.6. The molecule has 0 spiro atoms. The molecule has 0 aromatic heterocycles. The van der Waals surface area contributed by atoms with Crippen LogP contribution >= 0.6 is 0 Å². The zero-order valence-corrected chi connectivity index (χ0v) is 20.4. The van der Waals surface area contributed by atoms with Crippen LogP contribution in [0.25, 0.3) is 0 Å². The second kappa shape index (κ2) is 8.65. The summed E-state index contributed by atoms with van der Waals surface area (Å²) in [7, 11) is -3.55. The Labute approximate surface area is 154 Å². The smallest absolute Gasteiger partial charge is 0.192 e. The van der Waals surface area contributed by atoms with E-state index in [2.05, 4.69) is 81.2 Å². The van der Waals surface area contributed by atoms with Crippen molar-refractivity contribution in [3.8, 4) is 0 Å². The molecule has 0 heterocycles. The standard InChI is InChI=1S/C20H44O2Si2/c1-13-15-18(22-24(11,12)20(6,7)8)16-17(14-2)21-23(9,10)19(3,4)5/h14,17-18H,2,13,15-16H2,1,3-12H3/t17?,18-/m1/s1. The van der Waals surface area contributed by atoms with Crippen molar-refractivity contribution in [3.63, 3.8) is 0 Å². The summed E-state index contributed by atoms with van der Waals surface area (Å²) in [5, 5.41) is 0.456. The lowest BCUT2D eigenvalue weighted by atomic mass is 10.1. The van der Waals surface area contributed by atoms with Crippen molar-refractivity contribution in [1.82, 2.24) is 0 Å². The van der Waals surface area contributed by atoms with E-state index < -0.39 is 16.6 Å². The molecule has 0 N–H and O–H groups in total. The number of hydrogen-bond donors (Lipinski definition) is 0. The molecule has 0 aliphatic heterocycles. The molecule has 0 saturated carbocycles. The van der Waals surface area contributed by atoms with Gasteiger partial charge in [0.2, 0.25) is 0 Å². The monoisotopic (exact) mass is 372 g/mol. The molecule has 0 saturated heterocycles. The molecule has 0 aliphatic rings. The van der Waals surface area contributed by atoms with Gasteiger partial charge in [-0.25, -0.2) is 0 Å². The summed E-state index contributed by atoms with van der Waals surface area (Å²) in [5.74, 6) is 0. The molecular weight excluding hydrogens is 328 g/mol. The molecule has 0 fully saturated rings. The summed E-state index contributed by atoms with van der Waals surface area (Å²) in [6, 6.07) is 0. The molecule has 0 aliphatic carbocycles. The van der Waals surface area contributed by atoms with Crippen molar-refractivity contribution in [2.24, 2.45) is 0 Å². The minimum Gasteiger partial charge on any atom is -0.414 e. The van der Waals surface area contributed by atoms with Crippen LogP contribution in [0.15, 0.2) is 12.7 Å². The summed E-state index contributed by atoms with van der Waals surface area (Å²) < 4.78 is 13.3. The SMILES string of the molecule is C=CC(C[C@@H](CCC)O[Si](C)(C)C(C)(C)C)O[Si](C)(C)C(C)(C)C. The van der Waals surface area contributed by atoms with Gasteiger partial charge in [-0.05, 0) is 42.7 Å². The lowest BCUT2D eigenvalue weighted by Crippen LogP contribution is -2.47. The molecule has 4 heteroatoms. The van der Waals surface area contributed by atoms with Crippen molar-refractivity contribution in [3.05, 3.63) is 12.7 Å². The van der Waals surface area contributed by atoms with Crippen molar-refractivity contribution in [1.29, 1.82) is 0 Å². The van der Waals surface area contributed by atoms with Crippen molar-refractivity contribution in [2.75, 3.05) is 0 Å². The molecular formula is C20H44O2Si2. The van der Waals surface area contributed by atoms with E-state index in [1.165, 1.54) is 0 Å². The molecule has 0 amide bonds. The van der Waals surface area contributed by atoms with Gasteiger partial charge < -0.3 is 8.85 Å². The first kappa shape index (κ1) is 24.1. The van der Waals surface area contributed by atoms with E-state index in [0.717, 1.165) is 19.3 Å². The van der Waals surface area contributed by atoms with Gasteiger partial charge in [-0.15, -0.1) is 6.58 Å². The molecule has 0 aromatic carbocycles. The second-order valence-corrected chi connectivity index (χ2v) is 19.7. The summed E-state index contributed by atoms with van der Waals surface area (Å²) in [4.78, 5) is 0. The van der Waals surface area contributed by atoms with Crippen LogP contribution in [0.3, 0.4) is 0 Å². The Morgan fingerprint density at radius 1 is 0.875 bits per heavy atom. The average molecular weight is 373 g/mol. The zero-order chi connectivity index (χ0) is 19.4. The summed E-state index contributed by atoms with van der Waals surface area (Å²) in [5.41, 5.74) is 0. The lowest BCUT2D eigenvalue weighted by molar-refractivity contribution is 0.108. The van der Waals surface area contributed by atoms with Gasteiger partial charge in [0, 0.05) is 12.5 Å². The van der Waals surface area contributed by atoms with E-state index in [0.29, 0.717) is 0 Å². The maximum Gasteiger partial charge on any atom is 0.192 e. The Balaban J connectivity index is 5.12. The maximum absolute atomic E-state index is 6.70. The average Bonchev–Trinajstić information content (AvgIpc) is 2.34. The van der Waals surface area contributed by atoms with Gasteiger partial charge in [-0.2, -0.15) is 0 Å². The minimum absolute atomic E-state index is 0.0900. The molecule has 1 unspecified atom stereocenters. The van der Waals surface area contributed by atoms with E-state index in [1.54, 1.807) is 0 Å². The van der Waals surface area contributed by atoms with Gasteiger partial charge >= 0.3 is 0 Å². The van der Waals surface area contributed by atoms with E-state index >= 15 is 0 Å². The van der Waals surface area contributed by atoms with Crippen LogP contribution in [0.2, 0.25) is 36.3 Å². The summed E-state index contributed by atoms with van der Waals surface area (Å²) in [6.45, 7) is 29.4. The van der Waals surface area contributed by atoms with E-state index in [9.17, 15) is 0 Å². The Morgan fingerprint density at radius 3 is 1.62 bits per heavy atom. The predicted octanol–water partition coefficient (Wildman–Crippen LogP) is 7.14. The van der Waals surface area contributed by atoms with Gasteiger partial charge in [-0.3, -0.25) is 0 Å². The minimum atomic E-state index is -1.79. The summed E-state index contributed by atoms with van der Waals surface area (Å²) in [6.07, 6.45) is 5.51. The highest BCUT2D eigenvalue weighted by molar-refractivity contribution is 6.74. The van der Waals surface area contributed by atoms with Crippen LogP contribution in [0.5, 0.6) is 0 Å². The molecule has 0 rings (SSSR count). The van der Waals surface area contributed by atoms with Crippen LogP contribution < -0.4 is 0 Å². The van der Waals surface area contributed by atoms with Gasteiger partial charge in [-0.1, -0.05) is 61.0 Å². The van der Waals surface area contributed by atoms with E-state index in [4.69, 9.17) is 8.85 Å². The van der Waals surface area contributed by atoms with Crippen LogP contribution in [0.4, 0.5) is 0 Å². The van der Waals surface area contributed by atoms with Gasteiger partial charge in [0.15, 0.2) is 16.6 Å². The highest BCUT2D eigenvalue weighted by Crippen LogP contribution is 2.40. The topological polar surface area (TPSA) is 18.5 Å². The Morgan fingerprint density at radius 2 is 1.29 bits per heavy atom. The zero-order valence-electron chi connectivity index (χ0n) is 18.4. The molecule has 0 bridgehead atoms. The van der Waals surface area contributed by atoms with E-state index in [1.807, 2.05) is 6.08 Å². The third kappa shape index (κ3) is 7.14. The highest BCUT2D eigenvalue weighted by atomic mass is 28.4. The quantitative estimate of drug-likeness (QED) is 0.316. The Hall–Kier alpha value is 0.0938. The molecule has 24 heavy (non-hydrogen) atoms. The number of hydrogen-bond acceptors (Lipinski definition) is 2. The maximum atomic E-state index is 6.70. The largest absolute Gasteiger partial charge is 0.414 e. The van der Waals surface area contributed by atoms with E-state index in [-0.39, 0.29) is 22.3 Å². The van der Waals surface area contributed by atoms with Gasteiger partial charge in [0.05, 0.1) is 6.10 Å². The van der Waals surface area contributed by atoms with Crippen LogP contribution in [0, 0.1) is 0 Å². The fourth-order valence-corrected chi connectivity index (χ4v) is 4.85. The van der Waals surface area contributed by atoms with Gasteiger partial charge in [0.25, 0.3) is 0 Å². The van der Waals surface area contributed by atoms with Crippen LogP contribution in [0.1, 0.15) is 67.7 Å². The lowest BCUT2D eigenvalue weighted by Gasteiger charge is -2.42. The van der Waals surface area contributed by atoms with Crippen molar-refractivity contribution < 1.29 is 8.85 Å². The number of rotatable bonds is 9. The molecule has 2 nitrogen and oxygen atoms in total. The van der Waals surface area contributed by atoms with Crippen LogP contribution in [-0.2, 0) is 8.85 Å². The molecule has 0 aromatic rings. The van der Waals surface area contributed by atoms with Crippen molar-refractivity contribution >= 4 is 16.6 Å². The molecule has 0 radical (unpaired) electrons. The summed E-state index contributed by atoms with van der Waals surface area (Å²) >= 11 is 0.